The zero-order chi connectivity index (χ0) is 11.4. The van der Waals surface area contributed by atoms with E-state index in [0.717, 1.165) is 21.3 Å². The summed E-state index contributed by atoms with van der Waals surface area (Å²) in [6.07, 6.45) is 0. The van der Waals surface area contributed by atoms with Crippen LogP contribution in [0.2, 0.25) is 0 Å². The first-order chi connectivity index (χ1) is 7.85. The number of ether oxygens (including phenoxy) is 2. The zero-order valence-electron chi connectivity index (χ0n) is 8.76. The van der Waals surface area contributed by atoms with Crippen LogP contribution >= 0.6 is 44.3 Å². The van der Waals surface area contributed by atoms with E-state index < -0.39 is 0 Å². The molecule has 0 saturated carbocycles. The Morgan fingerprint density at radius 2 is 1.25 bits per heavy atom. The van der Waals surface area contributed by atoms with Crippen molar-refractivity contribution in [2.24, 2.45) is 0 Å². The minimum atomic E-state index is 0.941. The summed E-state index contributed by atoms with van der Waals surface area (Å²) in [7, 11) is 6.78. The summed E-state index contributed by atoms with van der Waals surface area (Å²) >= 11 is 3.30. The van der Waals surface area contributed by atoms with Crippen molar-refractivity contribution < 1.29 is 9.47 Å². The van der Waals surface area contributed by atoms with Crippen molar-refractivity contribution in [3.63, 3.8) is 0 Å². The van der Waals surface area contributed by atoms with Gasteiger partial charge in [-0.1, -0.05) is 0 Å². The van der Waals surface area contributed by atoms with Gasteiger partial charge in [0.25, 0.3) is 0 Å². The lowest BCUT2D eigenvalue weighted by molar-refractivity contribution is 0.407. The van der Waals surface area contributed by atoms with Crippen molar-refractivity contribution in [3.8, 4) is 11.5 Å². The summed E-state index contributed by atoms with van der Waals surface area (Å²) in [5.74, 6) is 1.88. The molecule has 16 heavy (non-hydrogen) atoms. The Kier molecular flexibility index (Phi) is 4.45. The maximum atomic E-state index is 5.26. The molecule has 0 amide bonds. The van der Waals surface area contributed by atoms with Crippen LogP contribution in [0.4, 0.5) is 0 Å². The lowest BCUT2D eigenvalue weighted by atomic mass is 10.6. The third-order valence-corrected chi connectivity index (χ3v) is 6.00. The quantitative estimate of drug-likeness (QED) is 0.747. The van der Waals surface area contributed by atoms with Gasteiger partial charge in [-0.25, -0.2) is 0 Å². The number of hydrogen-bond acceptors (Lipinski definition) is 6. The highest BCUT2D eigenvalue weighted by Crippen LogP contribution is 2.47. The van der Waals surface area contributed by atoms with Crippen molar-refractivity contribution in [1.29, 1.82) is 0 Å². The second kappa shape index (κ2) is 5.86. The second-order valence-corrected chi connectivity index (χ2v) is 6.48. The normalized spacial score (nSPS) is 10.4. The number of thiophene rings is 2. The summed E-state index contributed by atoms with van der Waals surface area (Å²) in [5.41, 5.74) is 0. The molecule has 6 heteroatoms. The molecule has 0 aromatic carbocycles. The van der Waals surface area contributed by atoms with Gasteiger partial charge in [-0.15, -0.1) is 22.7 Å². The lowest BCUT2D eigenvalue weighted by Crippen LogP contribution is -1.80. The highest BCUT2D eigenvalue weighted by Gasteiger charge is 2.09. The Morgan fingerprint density at radius 1 is 0.812 bits per heavy atom. The van der Waals surface area contributed by atoms with Gasteiger partial charge in [-0.3, -0.25) is 0 Å². The van der Waals surface area contributed by atoms with Crippen LogP contribution in [0.1, 0.15) is 0 Å². The number of hydrogen-bond donors (Lipinski definition) is 0. The number of methoxy groups -OCH3 is 2. The molecule has 2 nitrogen and oxygen atoms in total. The van der Waals surface area contributed by atoms with Crippen LogP contribution in [0.3, 0.4) is 0 Å². The summed E-state index contributed by atoms with van der Waals surface area (Å²) in [4.78, 5) is 2.32. The summed E-state index contributed by atoms with van der Waals surface area (Å²) < 4.78 is 10.5. The molecule has 0 unspecified atom stereocenters. The molecule has 2 heterocycles. The summed E-state index contributed by atoms with van der Waals surface area (Å²) in [6.45, 7) is 0. The van der Waals surface area contributed by atoms with Crippen LogP contribution in [0.15, 0.2) is 31.3 Å². The zero-order valence-corrected chi connectivity index (χ0v) is 12.0. The molecule has 0 aliphatic heterocycles. The summed E-state index contributed by atoms with van der Waals surface area (Å²) in [5, 5.41) is 8.20. The molecular weight excluding hydrogens is 280 g/mol. The fourth-order valence-electron chi connectivity index (χ4n) is 1.06. The van der Waals surface area contributed by atoms with Crippen molar-refractivity contribution in [2.75, 3.05) is 14.2 Å². The van der Waals surface area contributed by atoms with Crippen LogP contribution in [-0.4, -0.2) is 14.2 Å². The third-order valence-electron chi connectivity index (χ3n) is 1.85. The molecule has 0 fully saturated rings. The summed E-state index contributed by atoms with van der Waals surface area (Å²) in [6, 6.07) is 0. The molecular formula is C10H10O2S4. The van der Waals surface area contributed by atoms with Gasteiger partial charge < -0.3 is 9.47 Å². The Balaban J connectivity index is 2.02. The predicted octanol–water partition coefficient (Wildman–Crippen LogP) is 4.63. The molecule has 0 saturated heterocycles. The monoisotopic (exact) mass is 290 g/mol. The molecule has 0 aliphatic carbocycles. The van der Waals surface area contributed by atoms with Crippen LogP contribution in [0.5, 0.6) is 11.5 Å². The Morgan fingerprint density at radius 3 is 1.62 bits per heavy atom. The second-order valence-electron chi connectivity index (χ2n) is 2.78. The van der Waals surface area contributed by atoms with Gasteiger partial charge in [0.1, 0.15) is 11.5 Å². The topological polar surface area (TPSA) is 18.5 Å². The van der Waals surface area contributed by atoms with Gasteiger partial charge in [-0.05, 0) is 21.6 Å². The van der Waals surface area contributed by atoms with Crippen LogP contribution in [-0.2, 0) is 0 Å². The third kappa shape index (κ3) is 2.68. The maximum Gasteiger partial charge on any atom is 0.143 e. The van der Waals surface area contributed by atoms with Gasteiger partial charge in [0.05, 0.1) is 24.0 Å². The van der Waals surface area contributed by atoms with E-state index in [1.54, 1.807) is 58.5 Å². The Labute approximate surface area is 110 Å². The van der Waals surface area contributed by atoms with Gasteiger partial charge in [0.15, 0.2) is 0 Å². The van der Waals surface area contributed by atoms with Crippen LogP contribution in [0.25, 0.3) is 0 Å². The van der Waals surface area contributed by atoms with Gasteiger partial charge in [-0.2, -0.15) is 0 Å². The molecule has 0 N–H and O–H groups in total. The minimum Gasteiger partial charge on any atom is -0.495 e. The molecule has 2 rings (SSSR count). The number of rotatable bonds is 5. The van der Waals surface area contributed by atoms with E-state index in [-0.39, 0.29) is 0 Å². The first kappa shape index (κ1) is 12.2. The molecule has 2 aromatic heterocycles. The van der Waals surface area contributed by atoms with Crippen molar-refractivity contribution in [3.05, 3.63) is 21.5 Å². The smallest absolute Gasteiger partial charge is 0.143 e. The van der Waals surface area contributed by atoms with E-state index in [2.05, 4.69) is 10.8 Å². The highest BCUT2D eigenvalue weighted by atomic mass is 33.1. The van der Waals surface area contributed by atoms with E-state index in [9.17, 15) is 0 Å². The van der Waals surface area contributed by atoms with Crippen LogP contribution < -0.4 is 9.47 Å². The fraction of sp³-hybridized carbons (Fsp3) is 0.200. The Hall–Kier alpha value is -0.300. The molecule has 0 spiro atoms. The molecule has 0 bridgehead atoms. The molecule has 0 atom stereocenters. The minimum absolute atomic E-state index is 0.941. The van der Waals surface area contributed by atoms with Crippen molar-refractivity contribution >= 4 is 44.3 Å². The SMILES string of the molecule is COc1cscc1SSc1cscc1OC. The van der Waals surface area contributed by atoms with Crippen molar-refractivity contribution in [2.45, 2.75) is 9.79 Å². The standard InChI is InChI=1S/C10H10O2S4/c1-11-7-3-13-5-9(7)15-16-10-6-14-4-8(10)12-2/h3-6H,1-2H3. The van der Waals surface area contributed by atoms with Gasteiger partial charge in [0.2, 0.25) is 0 Å². The van der Waals surface area contributed by atoms with Gasteiger partial charge >= 0.3 is 0 Å². The maximum absolute atomic E-state index is 5.26. The van der Waals surface area contributed by atoms with Gasteiger partial charge in [0, 0.05) is 21.5 Å². The molecule has 86 valence electrons. The van der Waals surface area contributed by atoms with E-state index in [1.165, 1.54) is 0 Å². The van der Waals surface area contributed by atoms with E-state index in [4.69, 9.17) is 9.47 Å². The molecule has 0 aliphatic rings. The van der Waals surface area contributed by atoms with E-state index in [1.807, 2.05) is 10.8 Å². The lowest BCUT2D eigenvalue weighted by Gasteiger charge is -2.02. The van der Waals surface area contributed by atoms with E-state index in [0.29, 0.717) is 0 Å². The fourth-order valence-corrected chi connectivity index (χ4v) is 5.53. The first-order valence-electron chi connectivity index (χ1n) is 4.40. The molecule has 2 aromatic rings. The predicted molar refractivity (Wildman–Crippen MR) is 73.5 cm³/mol. The average Bonchev–Trinajstić information content (AvgIpc) is 2.94. The first-order valence-corrected chi connectivity index (χ1v) is 8.43. The van der Waals surface area contributed by atoms with E-state index >= 15 is 0 Å². The largest absolute Gasteiger partial charge is 0.495 e. The highest BCUT2D eigenvalue weighted by molar-refractivity contribution is 8.76. The van der Waals surface area contributed by atoms with Crippen LogP contribution in [0, 0.1) is 0 Å². The molecule has 0 radical (unpaired) electrons. The van der Waals surface area contributed by atoms with Crippen molar-refractivity contribution in [1.82, 2.24) is 0 Å². The Bertz CT molecular complexity index is 407. The average molecular weight is 290 g/mol.